The van der Waals surface area contributed by atoms with Gasteiger partial charge in [0.05, 0.1) is 22.3 Å². The molecule has 16 heavy (non-hydrogen) atoms. The van der Waals surface area contributed by atoms with Crippen LogP contribution in [0.3, 0.4) is 0 Å². The maximum Gasteiger partial charge on any atom is 0.126 e. The fourth-order valence-electron chi connectivity index (χ4n) is 1.51. The standard InChI is InChI=1S/C12H17NO2S/c1-9-2-5-12(11(13)6-9)16(14)8-15-7-10-3-4-10/h2,5-6,10H,3-4,7-8,13H2,1H3. The summed E-state index contributed by atoms with van der Waals surface area (Å²) >= 11 is 0. The molecular formula is C12H17NO2S. The molecule has 1 fully saturated rings. The van der Waals surface area contributed by atoms with Crippen LogP contribution in [-0.4, -0.2) is 16.8 Å². The second kappa shape index (κ2) is 4.97. The van der Waals surface area contributed by atoms with Crippen LogP contribution in [0.5, 0.6) is 0 Å². The van der Waals surface area contributed by atoms with Crippen molar-refractivity contribution in [3.63, 3.8) is 0 Å². The average Bonchev–Trinajstić information content (AvgIpc) is 3.01. The highest BCUT2D eigenvalue weighted by molar-refractivity contribution is 7.85. The molecule has 0 bridgehead atoms. The van der Waals surface area contributed by atoms with Gasteiger partial charge in [-0.3, -0.25) is 4.21 Å². The van der Waals surface area contributed by atoms with Crippen LogP contribution in [0.4, 0.5) is 5.69 Å². The third-order valence-electron chi connectivity index (χ3n) is 2.65. The van der Waals surface area contributed by atoms with Gasteiger partial charge in [-0.1, -0.05) is 6.07 Å². The Bertz CT molecular complexity index is 402. The van der Waals surface area contributed by atoms with Crippen molar-refractivity contribution in [3.8, 4) is 0 Å². The van der Waals surface area contributed by atoms with E-state index >= 15 is 0 Å². The van der Waals surface area contributed by atoms with Crippen LogP contribution >= 0.6 is 0 Å². The highest BCUT2D eigenvalue weighted by Crippen LogP contribution is 2.29. The van der Waals surface area contributed by atoms with Gasteiger partial charge in [0.15, 0.2) is 0 Å². The predicted octanol–water partition coefficient (Wildman–Crippen LogP) is 2.07. The fraction of sp³-hybridized carbons (Fsp3) is 0.500. The second-order valence-corrected chi connectivity index (χ2v) is 5.69. The Morgan fingerprint density at radius 2 is 2.25 bits per heavy atom. The number of ether oxygens (including phenoxy) is 1. The first-order chi connectivity index (χ1) is 7.66. The van der Waals surface area contributed by atoms with Crippen LogP contribution in [0.2, 0.25) is 0 Å². The summed E-state index contributed by atoms with van der Waals surface area (Å²) in [4.78, 5) is 0.682. The van der Waals surface area contributed by atoms with Crippen molar-refractivity contribution in [1.29, 1.82) is 0 Å². The number of anilines is 1. The van der Waals surface area contributed by atoms with E-state index in [1.54, 1.807) is 0 Å². The summed E-state index contributed by atoms with van der Waals surface area (Å²) in [6.45, 7) is 2.70. The fourth-order valence-corrected chi connectivity index (χ4v) is 2.43. The highest BCUT2D eigenvalue weighted by atomic mass is 32.2. The predicted molar refractivity (Wildman–Crippen MR) is 65.5 cm³/mol. The molecule has 1 saturated carbocycles. The molecule has 0 amide bonds. The van der Waals surface area contributed by atoms with Gasteiger partial charge in [0, 0.05) is 5.69 Å². The molecule has 1 atom stereocenters. The lowest BCUT2D eigenvalue weighted by Gasteiger charge is -2.07. The van der Waals surface area contributed by atoms with Gasteiger partial charge < -0.3 is 10.5 Å². The topological polar surface area (TPSA) is 52.3 Å². The molecular weight excluding hydrogens is 222 g/mol. The van der Waals surface area contributed by atoms with E-state index in [9.17, 15) is 4.21 Å². The zero-order chi connectivity index (χ0) is 11.5. The molecule has 1 aliphatic carbocycles. The van der Waals surface area contributed by atoms with Crippen molar-refractivity contribution in [2.75, 3.05) is 18.3 Å². The van der Waals surface area contributed by atoms with Crippen molar-refractivity contribution < 1.29 is 8.95 Å². The Kier molecular flexibility index (Phi) is 3.61. The Balaban J connectivity index is 1.91. The van der Waals surface area contributed by atoms with Crippen LogP contribution in [-0.2, 0) is 15.5 Å². The Hall–Kier alpha value is -0.870. The van der Waals surface area contributed by atoms with Gasteiger partial charge in [-0.2, -0.15) is 0 Å². The van der Waals surface area contributed by atoms with Gasteiger partial charge >= 0.3 is 0 Å². The van der Waals surface area contributed by atoms with E-state index in [1.807, 2.05) is 25.1 Å². The SMILES string of the molecule is Cc1ccc(S(=O)COCC2CC2)c(N)c1. The number of nitrogens with two attached hydrogens (primary N) is 1. The summed E-state index contributed by atoms with van der Waals surface area (Å²) in [6, 6.07) is 5.58. The lowest BCUT2D eigenvalue weighted by atomic mass is 10.2. The average molecular weight is 239 g/mol. The Labute approximate surface area is 98.4 Å². The molecule has 0 aromatic heterocycles. The van der Waals surface area contributed by atoms with E-state index in [2.05, 4.69) is 0 Å². The lowest BCUT2D eigenvalue weighted by molar-refractivity contribution is 0.168. The van der Waals surface area contributed by atoms with Gasteiger partial charge in [-0.25, -0.2) is 0 Å². The molecule has 0 spiro atoms. The number of aryl methyl sites for hydroxylation is 1. The van der Waals surface area contributed by atoms with Crippen molar-refractivity contribution in [1.82, 2.24) is 0 Å². The molecule has 0 aliphatic heterocycles. The molecule has 1 aliphatic rings. The molecule has 3 nitrogen and oxygen atoms in total. The maximum atomic E-state index is 11.9. The smallest absolute Gasteiger partial charge is 0.126 e. The Morgan fingerprint density at radius 3 is 2.88 bits per heavy atom. The van der Waals surface area contributed by atoms with E-state index in [0.717, 1.165) is 12.2 Å². The zero-order valence-electron chi connectivity index (χ0n) is 9.44. The molecule has 1 aromatic rings. The molecule has 1 aromatic carbocycles. The minimum Gasteiger partial charge on any atom is -0.398 e. The summed E-state index contributed by atoms with van der Waals surface area (Å²) in [7, 11) is -1.14. The van der Waals surface area contributed by atoms with Crippen molar-refractivity contribution in [2.24, 2.45) is 5.92 Å². The quantitative estimate of drug-likeness (QED) is 0.800. The van der Waals surface area contributed by atoms with E-state index in [0.29, 0.717) is 16.5 Å². The number of benzene rings is 1. The normalized spacial score (nSPS) is 17.3. The van der Waals surface area contributed by atoms with Crippen molar-refractivity contribution in [3.05, 3.63) is 23.8 Å². The zero-order valence-corrected chi connectivity index (χ0v) is 10.3. The van der Waals surface area contributed by atoms with Gasteiger partial charge in [0.1, 0.15) is 5.94 Å². The van der Waals surface area contributed by atoms with E-state index in [-0.39, 0.29) is 5.94 Å². The van der Waals surface area contributed by atoms with Crippen molar-refractivity contribution in [2.45, 2.75) is 24.7 Å². The summed E-state index contributed by atoms with van der Waals surface area (Å²) in [5, 5.41) is 0. The molecule has 0 heterocycles. The van der Waals surface area contributed by atoms with Crippen LogP contribution in [0.1, 0.15) is 18.4 Å². The van der Waals surface area contributed by atoms with Crippen molar-refractivity contribution >= 4 is 16.5 Å². The number of rotatable bonds is 5. The number of nitrogen functional groups attached to an aromatic ring is 1. The van der Waals surface area contributed by atoms with Crippen LogP contribution in [0, 0.1) is 12.8 Å². The summed E-state index contributed by atoms with van der Waals surface area (Å²) in [5.41, 5.74) is 7.49. The van der Waals surface area contributed by atoms with Gasteiger partial charge in [-0.15, -0.1) is 0 Å². The van der Waals surface area contributed by atoms with E-state index in [1.165, 1.54) is 12.8 Å². The van der Waals surface area contributed by atoms with E-state index < -0.39 is 10.8 Å². The second-order valence-electron chi connectivity index (χ2n) is 4.32. The summed E-state index contributed by atoms with van der Waals surface area (Å²) in [6.07, 6.45) is 2.50. The summed E-state index contributed by atoms with van der Waals surface area (Å²) in [5.74, 6) is 0.955. The molecule has 2 rings (SSSR count). The lowest BCUT2D eigenvalue weighted by Crippen LogP contribution is -2.07. The number of hydrogen-bond donors (Lipinski definition) is 1. The third-order valence-corrected chi connectivity index (χ3v) is 3.89. The van der Waals surface area contributed by atoms with Crippen LogP contribution < -0.4 is 5.73 Å². The Morgan fingerprint density at radius 1 is 1.50 bits per heavy atom. The molecule has 2 N–H and O–H groups in total. The molecule has 88 valence electrons. The highest BCUT2D eigenvalue weighted by Gasteiger charge is 2.21. The molecule has 1 unspecified atom stereocenters. The third kappa shape index (κ3) is 3.06. The van der Waals surface area contributed by atoms with Gasteiger partial charge in [0.2, 0.25) is 0 Å². The largest absolute Gasteiger partial charge is 0.398 e. The molecule has 0 saturated heterocycles. The summed E-state index contributed by atoms with van der Waals surface area (Å²) < 4.78 is 17.3. The first-order valence-electron chi connectivity index (χ1n) is 5.49. The van der Waals surface area contributed by atoms with Crippen LogP contribution in [0.25, 0.3) is 0 Å². The first kappa shape index (κ1) is 11.6. The monoisotopic (exact) mass is 239 g/mol. The number of hydrogen-bond acceptors (Lipinski definition) is 3. The maximum absolute atomic E-state index is 11.9. The van der Waals surface area contributed by atoms with Gasteiger partial charge in [0.25, 0.3) is 0 Å². The molecule has 0 radical (unpaired) electrons. The molecule has 4 heteroatoms. The van der Waals surface area contributed by atoms with Gasteiger partial charge in [-0.05, 0) is 43.4 Å². The van der Waals surface area contributed by atoms with Crippen LogP contribution in [0.15, 0.2) is 23.1 Å². The first-order valence-corrected chi connectivity index (χ1v) is 6.81. The van der Waals surface area contributed by atoms with E-state index in [4.69, 9.17) is 10.5 Å². The minimum absolute atomic E-state index is 0.254. The minimum atomic E-state index is -1.14.